The quantitative estimate of drug-likeness (QED) is 0.625. The van der Waals surface area contributed by atoms with Crippen molar-refractivity contribution in [2.75, 3.05) is 11.5 Å². The molecule has 0 saturated heterocycles. The fraction of sp³-hybridized carbons (Fsp3) is 0.462. The van der Waals surface area contributed by atoms with E-state index in [1.807, 2.05) is 4.68 Å². The van der Waals surface area contributed by atoms with E-state index in [4.69, 9.17) is 0 Å². The molecule has 0 amide bonds. The number of benzene rings is 1. The van der Waals surface area contributed by atoms with Gasteiger partial charge in [0.25, 0.3) is 0 Å². The first-order valence-electron chi connectivity index (χ1n) is 6.27. The summed E-state index contributed by atoms with van der Waals surface area (Å²) >= 11 is 3.33. The van der Waals surface area contributed by atoms with E-state index in [1.54, 1.807) is 35.7 Å². The molecule has 0 aliphatic rings. The molecule has 7 heteroatoms. The molecule has 20 heavy (non-hydrogen) atoms. The van der Waals surface area contributed by atoms with Crippen LogP contribution in [0.4, 0.5) is 4.39 Å². The van der Waals surface area contributed by atoms with Crippen LogP contribution in [-0.2, 0) is 5.54 Å². The summed E-state index contributed by atoms with van der Waals surface area (Å²) in [6, 6.07) is 6.55. The maximum atomic E-state index is 12.8. The summed E-state index contributed by atoms with van der Waals surface area (Å²) in [7, 11) is 0. The molecule has 0 spiro atoms. The van der Waals surface area contributed by atoms with Crippen LogP contribution in [0.5, 0.6) is 0 Å². The third-order valence-corrected chi connectivity index (χ3v) is 4.67. The molecule has 4 nitrogen and oxygen atoms in total. The fourth-order valence-corrected chi connectivity index (χ4v) is 3.45. The van der Waals surface area contributed by atoms with Crippen molar-refractivity contribution in [3.63, 3.8) is 0 Å². The normalized spacial score (nSPS) is 11.8. The van der Waals surface area contributed by atoms with Gasteiger partial charge in [-0.3, -0.25) is 0 Å². The van der Waals surface area contributed by atoms with Crippen molar-refractivity contribution in [3.05, 3.63) is 30.1 Å². The van der Waals surface area contributed by atoms with E-state index in [0.29, 0.717) is 0 Å². The molecular formula is C13H17FN4S2. The molecule has 0 fully saturated rings. The Balaban J connectivity index is 1.82. The van der Waals surface area contributed by atoms with Crippen LogP contribution < -0.4 is 0 Å². The molecule has 0 N–H and O–H groups in total. The zero-order valence-electron chi connectivity index (χ0n) is 11.7. The predicted molar refractivity (Wildman–Crippen MR) is 80.7 cm³/mol. The topological polar surface area (TPSA) is 43.6 Å². The van der Waals surface area contributed by atoms with Crippen LogP contribution in [0.2, 0.25) is 0 Å². The third-order valence-electron chi connectivity index (χ3n) is 2.47. The summed E-state index contributed by atoms with van der Waals surface area (Å²) in [5.41, 5.74) is -0.115. The average molecular weight is 312 g/mol. The number of hydrogen-bond donors (Lipinski definition) is 0. The molecule has 1 aromatic heterocycles. The third kappa shape index (κ3) is 4.21. The Morgan fingerprint density at radius 3 is 2.40 bits per heavy atom. The lowest BCUT2D eigenvalue weighted by atomic mass is 10.1. The summed E-state index contributed by atoms with van der Waals surface area (Å²) in [5.74, 6) is 1.62. The van der Waals surface area contributed by atoms with Gasteiger partial charge in [0, 0.05) is 16.4 Å². The minimum Gasteiger partial charge on any atom is -0.215 e. The van der Waals surface area contributed by atoms with Gasteiger partial charge in [-0.05, 0) is 55.5 Å². The van der Waals surface area contributed by atoms with Crippen molar-refractivity contribution in [2.45, 2.75) is 36.4 Å². The molecule has 108 valence electrons. The number of aromatic nitrogens is 4. The lowest BCUT2D eigenvalue weighted by Gasteiger charge is -2.19. The van der Waals surface area contributed by atoms with Gasteiger partial charge in [-0.15, -0.1) is 16.9 Å². The minimum absolute atomic E-state index is 0.115. The predicted octanol–water partition coefficient (Wildman–Crippen LogP) is 3.45. The first-order valence-corrected chi connectivity index (χ1v) is 8.24. The van der Waals surface area contributed by atoms with Gasteiger partial charge in [0.05, 0.1) is 5.54 Å². The van der Waals surface area contributed by atoms with Crippen LogP contribution in [0.25, 0.3) is 0 Å². The number of nitrogens with zero attached hydrogens (tertiary/aromatic N) is 4. The molecule has 2 rings (SSSR count). The molecule has 0 aliphatic carbocycles. The van der Waals surface area contributed by atoms with Gasteiger partial charge in [0.1, 0.15) is 5.82 Å². The number of tetrazole rings is 1. The van der Waals surface area contributed by atoms with E-state index in [0.717, 1.165) is 21.6 Å². The molecule has 0 bridgehead atoms. The highest BCUT2D eigenvalue weighted by atomic mass is 32.2. The maximum Gasteiger partial charge on any atom is 0.209 e. The van der Waals surface area contributed by atoms with Crippen molar-refractivity contribution in [1.82, 2.24) is 20.2 Å². The summed E-state index contributed by atoms with van der Waals surface area (Å²) in [6.07, 6.45) is 0. The van der Waals surface area contributed by atoms with Crippen molar-refractivity contribution in [3.8, 4) is 0 Å². The van der Waals surface area contributed by atoms with E-state index in [9.17, 15) is 4.39 Å². The summed E-state index contributed by atoms with van der Waals surface area (Å²) < 4.78 is 14.6. The molecule has 1 aromatic carbocycles. The van der Waals surface area contributed by atoms with Gasteiger partial charge >= 0.3 is 0 Å². The van der Waals surface area contributed by atoms with Crippen molar-refractivity contribution in [2.24, 2.45) is 0 Å². The van der Waals surface area contributed by atoms with Gasteiger partial charge in [0.15, 0.2) is 0 Å². The van der Waals surface area contributed by atoms with E-state index >= 15 is 0 Å². The van der Waals surface area contributed by atoms with Crippen molar-refractivity contribution >= 4 is 23.5 Å². The van der Waals surface area contributed by atoms with Crippen molar-refractivity contribution < 1.29 is 4.39 Å². The highest BCUT2D eigenvalue weighted by Crippen LogP contribution is 2.24. The van der Waals surface area contributed by atoms with Crippen LogP contribution in [0.3, 0.4) is 0 Å². The second-order valence-electron chi connectivity index (χ2n) is 5.19. The molecule has 0 atom stereocenters. The molecule has 0 radical (unpaired) electrons. The monoisotopic (exact) mass is 312 g/mol. The Labute approximate surface area is 126 Å². The fourth-order valence-electron chi connectivity index (χ4n) is 1.51. The van der Waals surface area contributed by atoms with Crippen LogP contribution in [-0.4, -0.2) is 31.7 Å². The van der Waals surface area contributed by atoms with Gasteiger partial charge < -0.3 is 0 Å². The Bertz CT molecular complexity index is 548. The molecule has 1 heterocycles. The summed E-state index contributed by atoms with van der Waals surface area (Å²) in [4.78, 5) is 1.07. The smallest absolute Gasteiger partial charge is 0.209 e. The Hall–Kier alpha value is -1.08. The molecule has 0 aliphatic heterocycles. The highest BCUT2D eigenvalue weighted by molar-refractivity contribution is 8.02. The first-order chi connectivity index (χ1) is 9.47. The Morgan fingerprint density at radius 2 is 1.75 bits per heavy atom. The second-order valence-corrected chi connectivity index (χ2v) is 7.43. The highest BCUT2D eigenvalue weighted by Gasteiger charge is 2.19. The van der Waals surface area contributed by atoms with E-state index in [2.05, 4.69) is 36.3 Å². The van der Waals surface area contributed by atoms with E-state index in [-0.39, 0.29) is 11.4 Å². The molecule has 0 unspecified atom stereocenters. The number of rotatable bonds is 5. The van der Waals surface area contributed by atoms with Crippen molar-refractivity contribution in [1.29, 1.82) is 0 Å². The SMILES string of the molecule is CC(C)(C)n1nnnc1SCCSc1ccc(F)cc1. The van der Waals surface area contributed by atoms with Gasteiger partial charge in [-0.25, -0.2) is 9.07 Å². The maximum absolute atomic E-state index is 12.8. The lowest BCUT2D eigenvalue weighted by molar-refractivity contribution is 0.321. The lowest BCUT2D eigenvalue weighted by Crippen LogP contribution is -2.24. The second kappa shape index (κ2) is 6.58. The minimum atomic E-state index is -0.201. The van der Waals surface area contributed by atoms with Crippen LogP contribution in [0.1, 0.15) is 20.8 Å². The molecule has 0 saturated carbocycles. The zero-order valence-corrected chi connectivity index (χ0v) is 13.3. The number of thioether (sulfide) groups is 2. The van der Waals surface area contributed by atoms with Crippen LogP contribution in [0, 0.1) is 5.82 Å². The number of hydrogen-bond acceptors (Lipinski definition) is 5. The van der Waals surface area contributed by atoms with Gasteiger partial charge in [0.2, 0.25) is 5.16 Å². The standard InChI is InChI=1S/C13H17FN4S2/c1-13(2,3)18-12(15-16-17-18)20-9-8-19-11-6-4-10(14)5-7-11/h4-7H,8-9H2,1-3H3. The van der Waals surface area contributed by atoms with Crippen LogP contribution in [0.15, 0.2) is 34.3 Å². The zero-order chi connectivity index (χ0) is 14.6. The number of halogens is 1. The largest absolute Gasteiger partial charge is 0.215 e. The van der Waals surface area contributed by atoms with E-state index in [1.165, 1.54) is 12.1 Å². The summed E-state index contributed by atoms with van der Waals surface area (Å²) in [6.45, 7) is 6.21. The van der Waals surface area contributed by atoms with Crippen LogP contribution >= 0.6 is 23.5 Å². The molecule has 2 aromatic rings. The average Bonchev–Trinajstić information content (AvgIpc) is 2.85. The van der Waals surface area contributed by atoms with E-state index < -0.39 is 0 Å². The van der Waals surface area contributed by atoms with Gasteiger partial charge in [-0.2, -0.15) is 0 Å². The summed E-state index contributed by atoms with van der Waals surface area (Å²) in [5, 5.41) is 12.6. The Morgan fingerprint density at radius 1 is 1.10 bits per heavy atom. The van der Waals surface area contributed by atoms with Gasteiger partial charge in [-0.1, -0.05) is 11.8 Å². The first kappa shape index (κ1) is 15.3. The molecular weight excluding hydrogens is 295 g/mol. The Kier molecular flexibility index (Phi) is 5.04.